The second kappa shape index (κ2) is 9.03. The normalized spacial score (nSPS) is 24.9. The second-order valence-electron chi connectivity index (χ2n) is 11.0. The van der Waals surface area contributed by atoms with Gasteiger partial charge in [0, 0.05) is 30.2 Å². The van der Waals surface area contributed by atoms with Crippen molar-refractivity contribution in [3.63, 3.8) is 0 Å². The lowest BCUT2D eigenvalue weighted by molar-refractivity contribution is -0.137. The van der Waals surface area contributed by atoms with Gasteiger partial charge in [0.05, 0.1) is 12.2 Å². The summed E-state index contributed by atoms with van der Waals surface area (Å²) in [6.45, 7) is 0.522. The Morgan fingerprint density at radius 2 is 1.97 bits per heavy atom. The number of aromatic nitrogens is 3. The fourth-order valence-corrected chi connectivity index (χ4v) is 6.17. The average molecular weight is 528 g/mol. The zero-order valence-corrected chi connectivity index (χ0v) is 20.9. The molecule has 6 rings (SSSR count). The molecule has 0 radical (unpaired) electrons. The van der Waals surface area contributed by atoms with Crippen molar-refractivity contribution in [1.82, 2.24) is 14.9 Å². The van der Waals surface area contributed by atoms with E-state index >= 15 is 0 Å². The predicted octanol–water partition coefficient (Wildman–Crippen LogP) is 6.57. The van der Waals surface area contributed by atoms with Crippen molar-refractivity contribution >= 4 is 12.0 Å². The monoisotopic (exact) mass is 527 g/mol. The maximum atomic E-state index is 13.7. The maximum Gasteiger partial charge on any atom is 0.417 e. The number of rotatable bonds is 8. The number of alkyl halides is 3. The van der Waals surface area contributed by atoms with E-state index in [0.717, 1.165) is 44.6 Å². The Kier molecular flexibility index (Phi) is 5.88. The Labute approximate surface area is 217 Å². The number of aryl methyl sites for hydroxylation is 1. The number of halogens is 3. The first-order valence-electron chi connectivity index (χ1n) is 12.9. The zero-order chi connectivity index (χ0) is 26.7. The van der Waals surface area contributed by atoms with Gasteiger partial charge in [0.25, 0.3) is 0 Å². The van der Waals surface area contributed by atoms with Gasteiger partial charge >= 0.3 is 12.1 Å². The summed E-state index contributed by atoms with van der Waals surface area (Å²) in [7, 11) is 1.66. The molecule has 1 N–H and O–H groups in total. The van der Waals surface area contributed by atoms with E-state index < -0.39 is 17.7 Å². The van der Waals surface area contributed by atoms with Gasteiger partial charge in [-0.3, -0.25) is 0 Å². The van der Waals surface area contributed by atoms with E-state index in [2.05, 4.69) is 16.3 Å². The van der Waals surface area contributed by atoms with Crippen molar-refractivity contribution in [3.8, 4) is 17.1 Å². The Hall–Kier alpha value is -3.56. The lowest BCUT2D eigenvalue weighted by atomic mass is 9.48. The van der Waals surface area contributed by atoms with Gasteiger partial charge in [-0.2, -0.15) is 18.3 Å². The Balaban J connectivity index is 1.09. The molecule has 3 fully saturated rings. The van der Waals surface area contributed by atoms with Gasteiger partial charge in [-0.15, -0.1) is 0 Å². The fourth-order valence-electron chi connectivity index (χ4n) is 6.17. The lowest BCUT2D eigenvalue weighted by Gasteiger charge is -2.57. The molecule has 3 aromatic rings. The molecule has 200 valence electrons. The van der Waals surface area contributed by atoms with Gasteiger partial charge in [-0.1, -0.05) is 35.5 Å². The standard InChI is InChI=1S/C28H28F3N3O4/c1-34-23(10-22(32-34)26(35)36)37-15-17-13-27(14-17)11-16(12-27)6-9-20-24(33-38-25(20)18-7-8-18)19-4-2-3-5-21(19)28(29,30)31/h2-6,9-10,16-18H,7-8,11-15H2,1H3,(H,35,36). The molecule has 1 aromatic carbocycles. The van der Waals surface area contributed by atoms with Crippen LogP contribution in [0.25, 0.3) is 17.3 Å². The van der Waals surface area contributed by atoms with Gasteiger partial charge in [0.1, 0.15) is 11.5 Å². The third-order valence-corrected chi connectivity index (χ3v) is 8.08. The van der Waals surface area contributed by atoms with E-state index in [-0.39, 0.29) is 22.9 Å². The topological polar surface area (TPSA) is 90.4 Å². The molecule has 0 unspecified atom stereocenters. The highest BCUT2D eigenvalue weighted by atomic mass is 19.4. The number of hydrogen-bond donors (Lipinski definition) is 1. The molecule has 0 amide bonds. The van der Waals surface area contributed by atoms with Crippen molar-refractivity contribution in [2.75, 3.05) is 6.61 Å². The molecule has 10 heteroatoms. The van der Waals surface area contributed by atoms with Gasteiger partial charge in [0.15, 0.2) is 5.69 Å². The van der Waals surface area contributed by atoms with Crippen LogP contribution in [-0.2, 0) is 13.2 Å². The molecule has 0 saturated heterocycles. The van der Waals surface area contributed by atoms with Crippen LogP contribution in [0.3, 0.4) is 0 Å². The van der Waals surface area contributed by atoms with E-state index in [0.29, 0.717) is 41.1 Å². The molecular weight excluding hydrogens is 499 g/mol. The average Bonchev–Trinajstić information content (AvgIpc) is 3.47. The highest BCUT2D eigenvalue weighted by Crippen LogP contribution is 2.61. The summed E-state index contributed by atoms with van der Waals surface area (Å²) in [6.07, 6.45) is 5.64. The SMILES string of the molecule is Cn1nc(C(=O)O)cc1OCC1CC2(CC(C=Cc3c(-c4ccccc4C(F)(F)F)noc3C3CC3)C2)C1. The Morgan fingerprint density at radius 1 is 1.24 bits per heavy atom. The largest absolute Gasteiger partial charge is 0.478 e. The number of benzene rings is 1. The lowest BCUT2D eigenvalue weighted by Crippen LogP contribution is -2.48. The number of carboxylic acids is 1. The predicted molar refractivity (Wildman–Crippen MR) is 131 cm³/mol. The number of carboxylic acid groups (broad SMARTS) is 1. The van der Waals surface area contributed by atoms with Crippen LogP contribution in [-0.4, -0.2) is 32.6 Å². The van der Waals surface area contributed by atoms with Crippen molar-refractivity contribution in [2.24, 2.45) is 24.3 Å². The van der Waals surface area contributed by atoms with E-state index in [1.807, 2.05) is 6.08 Å². The highest BCUT2D eigenvalue weighted by molar-refractivity contribution is 5.85. The number of nitrogens with zero attached hydrogens (tertiary/aromatic N) is 3. The van der Waals surface area contributed by atoms with Crippen molar-refractivity contribution in [2.45, 2.75) is 50.6 Å². The number of aromatic carboxylic acids is 1. The van der Waals surface area contributed by atoms with E-state index in [9.17, 15) is 18.0 Å². The number of ether oxygens (including phenoxy) is 1. The molecular formula is C28H28F3N3O4. The van der Waals surface area contributed by atoms with Crippen LogP contribution in [0.1, 0.15) is 71.8 Å². The molecule has 0 aliphatic heterocycles. The summed E-state index contributed by atoms with van der Waals surface area (Å²) in [6, 6.07) is 6.95. The van der Waals surface area contributed by atoms with E-state index in [1.165, 1.54) is 22.9 Å². The first-order valence-corrected chi connectivity index (χ1v) is 12.9. The summed E-state index contributed by atoms with van der Waals surface area (Å²) in [4.78, 5) is 11.1. The van der Waals surface area contributed by atoms with Crippen LogP contribution in [0.4, 0.5) is 13.2 Å². The molecule has 2 aromatic heterocycles. The zero-order valence-electron chi connectivity index (χ0n) is 20.9. The number of allylic oxidation sites excluding steroid dienone is 1. The highest BCUT2D eigenvalue weighted by Gasteiger charge is 2.52. The molecule has 0 atom stereocenters. The number of carbonyl (C=O) groups is 1. The van der Waals surface area contributed by atoms with Crippen molar-refractivity contribution < 1.29 is 32.3 Å². The van der Waals surface area contributed by atoms with Crippen LogP contribution < -0.4 is 4.74 Å². The van der Waals surface area contributed by atoms with Crippen LogP contribution in [0, 0.1) is 17.3 Å². The van der Waals surface area contributed by atoms with Gasteiger partial charge in [0.2, 0.25) is 5.88 Å². The minimum absolute atomic E-state index is 0.0380. The Morgan fingerprint density at radius 3 is 2.63 bits per heavy atom. The van der Waals surface area contributed by atoms with Crippen molar-refractivity contribution in [1.29, 1.82) is 0 Å². The van der Waals surface area contributed by atoms with Crippen LogP contribution >= 0.6 is 0 Å². The minimum atomic E-state index is -4.48. The van der Waals surface area contributed by atoms with Crippen molar-refractivity contribution in [3.05, 3.63) is 59.0 Å². The maximum absolute atomic E-state index is 13.7. The van der Waals surface area contributed by atoms with Gasteiger partial charge in [-0.05, 0) is 61.8 Å². The molecule has 3 aliphatic rings. The van der Waals surface area contributed by atoms with Crippen LogP contribution in [0.5, 0.6) is 5.88 Å². The first kappa shape index (κ1) is 24.8. The van der Waals surface area contributed by atoms with Crippen LogP contribution in [0.15, 0.2) is 40.9 Å². The first-order chi connectivity index (χ1) is 18.1. The smallest absolute Gasteiger partial charge is 0.417 e. The summed E-state index contributed by atoms with van der Waals surface area (Å²) >= 11 is 0. The summed E-state index contributed by atoms with van der Waals surface area (Å²) < 4.78 is 53.8. The Bertz CT molecular complexity index is 1390. The van der Waals surface area contributed by atoms with Crippen LogP contribution in [0.2, 0.25) is 0 Å². The summed E-state index contributed by atoms with van der Waals surface area (Å²) in [5.74, 6) is 1.04. The summed E-state index contributed by atoms with van der Waals surface area (Å²) in [5, 5.41) is 17.1. The van der Waals surface area contributed by atoms with Gasteiger partial charge in [-0.25, -0.2) is 9.48 Å². The molecule has 38 heavy (non-hydrogen) atoms. The second-order valence-corrected chi connectivity index (χ2v) is 11.0. The quantitative estimate of drug-likeness (QED) is 0.356. The fraction of sp³-hybridized carbons (Fsp3) is 0.464. The van der Waals surface area contributed by atoms with E-state index in [1.54, 1.807) is 13.1 Å². The van der Waals surface area contributed by atoms with Gasteiger partial charge < -0.3 is 14.4 Å². The molecule has 0 bridgehead atoms. The molecule has 3 saturated carbocycles. The number of hydrogen-bond acceptors (Lipinski definition) is 5. The molecule has 3 aliphatic carbocycles. The summed E-state index contributed by atoms with van der Waals surface area (Å²) in [5.41, 5.74) is 0.520. The molecule has 7 nitrogen and oxygen atoms in total. The molecule has 1 spiro atoms. The van der Waals surface area contributed by atoms with E-state index in [4.69, 9.17) is 14.4 Å². The third kappa shape index (κ3) is 4.61. The minimum Gasteiger partial charge on any atom is -0.478 e. The molecule has 2 heterocycles. The third-order valence-electron chi connectivity index (χ3n) is 8.08.